The number of likely N-dealkylation sites (tertiary alicyclic amines) is 1. The van der Waals surface area contributed by atoms with Crippen LogP contribution in [0.3, 0.4) is 0 Å². The van der Waals surface area contributed by atoms with Crippen LogP contribution in [0.2, 0.25) is 0 Å². The zero-order valence-electron chi connectivity index (χ0n) is 12.1. The molecule has 1 rings (SSSR count). The Morgan fingerprint density at radius 2 is 2.22 bits per heavy atom. The van der Waals surface area contributed by atoms with Gasteiger partial charge in [0.05, 0.1) is 7.11 Å². The number of likely N-dealkylation sites (N-methyl/N-ethyl adjacent to an activating group) is 1. The molecular weight excluding hydrogens is 228 g/mol. The van der Waals surface area contributed by atoms with E-state index in [1.165, 1.54) is 39.2 Å². The normalized spacial score (nSPS) is 22.7. The van der Waals surface area contributed by atoms with E-state index in [2.05, 4.69) is 17.1 Å². The zero-order valence-corrected chi connectivity index (χ0v) is 12.1. The number of hydrogen-bond acceptors (Lipinski definition) is 4. The number of carbonyl (C=O) groups excluding carboxylic acids is 1. The molecule has 0 aromatic heterocycles. The molecule has 2 unspecified atom stereocenters. The fourth-order valence-corrected chi connectivity index (χ4v) is 2.81. The number of rotatable bonds is 7. The van der Waals surface area contributed by atoms with Gasteiger partial charge in [0.2, 0.25) is 0 Å². The van der Waals surface area contributed by atoms with Crippen molar-refractivity contribution in [1.29, 1.82) is 0 Å². The monoisotopic (exact) mass is 256 g/mol. The lowest BCUT2D eigenvalue weighted by atomic mass is 9.97. The summed E-state index contributed by atoms with van der Waals surface area (Å²) in [6.07, 6.45) is 6.30. The molecule has 106 valence electrons. The van der Waals surface area contributed by atoms with Crippen LogP contribution in [-0.2, 0) is 9.53 Å². The Hall–Kier alpha value is -0.610. The quantitative estimate of drug-likeness (QED) is 0.705. The van der Waals surface area contributed by atoms with Gasteiger partial charge in [0.15, 0.2) is 0 Å². The third-order valence-electron chi connectivity index (χ3n) is 3.72. The third-order valence-corrected chi connectivity index (χ3v) is 3.72. The number of methoxy groups -OCH3 is 1. The minimum Gasteiger partial charge on any atom is -0.468 e. The number of ether oxygens (including phenoxy) is 1. The Morgan fingerprint density at radius 3 is 2.83 bits per heavy atom. The highest BCUT2D eigenvalue weighted by molar-refractivity contribution is 5.75. The van der Waals surface area contributed by atoms with Crippen LogP contribution < -0.4 is 5.32 Å². The number of nitrogens with zero attached hydrogens (tertiary/aromatic N) is 1. The first-order valence-corrected chi connectivity index (χ1v) is 7.28. The number of nitrogens with one attached hydrogen (secondary N) is 1. The van der Waals surface area contributed by atoms with Crippen molar-refractivity contribution in [2.45, 2.75) is 58.0 Å². The summed E-state index contributed by atoms with van der Waals surface area (Å²) in [5, 5.41) is 3.23. The van der Waals surface area contributed by atoms with E-state index in [0.29, 0.717) is 6.04 Å². The van der Waals surface area contributed by atoms with E-state index in [-0.39, 0.29) is 12.0 Å². The van der Waals surface area contributed by atoms with Gasteiger partial charge in [-0.1, -0.05) is 26.7 Å². The summed E-state index contributed by atoms with van der Waals surface area (Å²) in [6, 6.07) is 0.465. The second-order valence-electron chi connectivity index (χ2n) is 5.07. The smallest absolute Gasteiger partial charge is 0.324 e. The van der Waals surface area contributed by atoms with Crippen molar-refractivity contribution in [3.05, 3.63) is 0 Å². The zero-order chi connectivity index (χ0) is 13.4. The molecule has 0 aliphatic carbocycles. The fraction of sp³-hybridized carbons (Fsp3) is 0.929. The van der Waals surface area contributed by atoms with Crippen LogP contribution in [0.5, 0.6) is 0 Å². The first-order chi connectivity index (χ1) is 8.72. The van der Waals surface area contributed by atoms with Gasteiger partial charge in [-0.15, -0.1) is 0 Å². The van der Waals surface area contributed by atoms with E-state index in [9.17, 15) is 4.79 Å². The molecule has 1 N–H and O–H groups in total. The fourth-order valence-electron chi connectivity index (χ4n) is 2.81. The lowest BCUT2D eigenvalue weighted by molar-refractivity contribution is -0.143. The van der Waals surface area contributed by atoms with E-state index in [4.69, 9.17) is 4.74 Å². The van der Waals surface area contributed by atoms with Gasteiger partial charge >= 0.3 is 5.97 Å². The number of piperidine rings is 1. The maximum Gasteiger partial charge on any atom is 0.324 e. The minimum absolute atomic E-state index is 0.141. The minimum atomic E-state index is -0.183. The molecule has 1 saturated heterocycles. The van der Waals surface area contributed by atoms with E-state index in [0.717, 1.165) is 19.6 Å². The SMILES string of the molecule is CCCC1CCCCN1CC(NCC)C(=O)OC. The largest absolute Gasteiger partial charge is 0.468 e. The van der Waals surface area contributed by atoms with Crippen molar-refractivity contribution in [2.75, 3.05) is 26.7 Å². The van der Waals surface area contributed by atoms with Gasteiger partial charge in [0, 0.05) is 12.6 Å². The lowest BCUT2D eigenvalue weighted by Crippen LogP contribution is -2.51. The molecule has 0 spiro atoms. The molecule has 4 nitrogen and oxygen atoms in total. The predicted octanol–water partition coefficient (Wildman–Crippen LogP) is 1.79. The van der Waals surface area contributed by atoms with Crippen molar-refractivity contribution in [1.82, 2.24) is 10.2 Å². The van der Waals surface area contributed by atoms with Gasteiger partial charge in [-0.3, -0.25) is 9.69 Å². The summed E-state index contributed by atoms with van der Waals surface area (Å²) >= 11 is 0. The molecule has 0 saturated carbocycles. The van der Waals surface area contributed by atoms with Crippen LogP contribution in [-0.4, -0.2) is 49.7 Å². The molecule has 1 heterocycles. The summed E-state index contributed by atoms with van der Waals surface area (Å²) in [5.74, 6) is -0.141. The second-order valence-corrected chi connectivity index (χ2v) is 5.07. The molecule has 4 heteroatoms. The summed E-state index contributed by atoms with van der Waals surface area (Å²) in [5.41, 5.74) is 0. The molecule has 1 aliphatic heterocycles. The summed E-state index contributed by atoms with van der Waals surface area (Å²) < 4.78 is 4.87. The predicted molar refractivity (Wildman–Crippen MR) is 73.6 cm³/mol. The van der Waals surface area contributed by atoms with E-state index in [1.54, 1.807) is 0 Å². The molecular formula is C14H28N2O2. The van der Waals surface area contributed by atoms with Crippen molar-refractivity contribution in [3.63, 3.8) is 0 Å². The van der Waals surface area contributed by atoms with Crippen LogP contribution >= 0.6 is 0 Å². The lowest BCUT2D eigenvalue weighted by Gasteiger charge is -2.37. The molecule has 0 aromatic rings. The van der Waals surface area contributed by atoms with E-state index < -0.39 is 0 Å². The first kappa shape index (κ1) is 15.4. The molecule has 0 bridgehead atoms. The highest BCUT2D eigenvalue weighted by atomic mass is 16.5. The van der Waals surface area contributed by atoms with E-state index in [1.807, 2.05) is 6.92 Å². The van der Waals surface area contributed by atoms with Crippen LogP contribution in [0.1, 0.15) is 46.0 Å². The molecule has 1 aliphatic rings. The maximum absolute atomic E-state index is 11.7. The van der Waals surface area contributed by atoms with Crippen molar-refractivity contribution >= 4 is 5.97 Å². The second kappa shape index (κ2) is 8.48. The molecule has 0 aromatic carbocycles. The average molecular weight is 256 g/mol. The van der Waals surface area contributed by atoms with Crippen molar-refractivity contribution in [2.24, 2.45) is 0 Å². The summed E-state index contributed by atoms with van der Waals surface area (Å²) in [4.78, 5) is 14.2. The molecule has 2 atom stereocenters. The van der Waals surface area contributed by atoms with Gasteiger partial charge in [0.1, 0.15) is 6.04 Å². The van der Waals surface area contributed by atoms with Crippen molar-refractivity contribution in [3.8, 4) is 0 Å². The van der Waals surface area contributed by atoms with Gasteiger partial charge in [-0.25, -0.2) is 0 Å². The Balaban J connectivity index is 2.56. The first-order valence-electron chi connectivity index (χ1n) is 7.28. The molecule has 0 radical (unpaired) electrons. The topological polar surface area (TPSA) is 41.6 Å². The van der Waals surface area contributed by atoms with Crippen LogP contribution in [0, 0.1) is 0 Å². The summed E-state index contributed by atoms with van der Waals surface area (Å²) in [7, 11) is 1.46. The van der Waals surface area contributed by atoms with Gasteiger partial charge in [0.25, 0.3) is 0 Å². The number of esters is 1. The standard InChI is InChI=1S/C14H28N2O2/c1-4-8-12-9-6-7-10-16(12)11-13(15-5-2)14(17)18-3/h12-13,15H,4-11H2,1-3H3. The van der Waals surface area contributed by atoms with Crippen molar-refractivity contribution < 1.29 is 9.53 Å². The van der Waals surface area contributed by atoms with Gasteiger partial charge in [-0.05, 0) is 32.4 Å². The average Bonchev–Trinajstić information content (AvgIpc) is 2.39. The Kier molecular flexibility index (Phi) is 7.28. The Bertz CT molecular complexity index is 244. The Morgan fingerprint density at radius 1 is 1.44 bits per heavy atom. The highest BCUT2D eigenvalue weighted by Gasteiger charge is 2.27. The van der Waals surface area contributed by atoms with Crippen LogP contribution in [0.4, 0.5) is 0 Å². The Labute approximate surface area is 111 Å². The number of carbonyl (C=O) groups is 1. The van der Waals surface area contributed by atoms with Crippen LogP contribution in [0.25, 0.3) is 0 Å². The highest BCUT2D eigenvalue weighted by Crippen LogP contribution is 2.21. The maximum atomic E-state index is 11.7. The third kappa shape index (κ3) is 4.58. The van der Waals surface area contributed by atoms with Gasteiger partial charge < -0.3 is 10.1 Å². The van der Waals surface area contributed by atoms with Crippen LogP contribution in [0.15, 0.2) is 0 Å². The van der Waals surface area contributed by atoms with E-state index >= 15 is 0 Å². The summed E-state index contributed by atoms with van der Waals surface area (Å²) in [6.45, 7) is 6.95. The number of hydrogen-bond donors (Lipinski definition) is 1. The van der Waals surface area contributed by atoms with Gasteiger partial charge in [-0.2, -0.15) is 0 Å². The molecule has 0 amide bonds. The molecule has 18 heavy (non-hydrogen) atoms. The molecule has 1 fully saturated rings.